The summed E-state index contributed by atoms with van der Waals surface area (Å²) < 4.78 is 1.68. The van der Waals surface area contributed by atoms with Crippen molar-refractivity contribution in [3.63, 3.8) is 0 Å². The molecule has 0 spiro atoms. The molecule has 8 heteroatoms. The number of rotatable bonds is 8. The molecule has 0 amide bonds. The van der Waals surface area contributed by atoms with Gasteiger partial charge in [-0.3, -0.25) is 19.7 Å². The average Bonchev–Trinajstić information content (AvgIpc) is 3.67. The molecule has 0 radical (unpaired) electrons. The van der Waals surface area contributed by atoms with Crippen LogP contribution in [0.2, 0.25) is 0 Å². The van der Waals surface area contributed by atoms with Gasteiger partial charge < -0.3 is 21.1 Å². The van der Waals surface area contributed by atoms with Crippen molar-refractivity contribution in [2.45, 2.75) is 31.9 Å². The molecule has 210 valence electrons. The van der Waals surface area contributed by atoms with E-state index >= 15 is 0 Å². The van der Waals surface area contributed by atoms with Crippen molar-refractivity contribution in [2.24, 2.45) is 5.73 Å². The maximum Gasteiger partial charge on any atom is 0.280 e. The Morgan fingerprint density at radius 1 is 0.976 bits per heavy atom. The number of amidine groups is 1. The van der Waals surface area contributed by atoms with Crippen LogP contribution < -0.4 is 21.5 Å². The first kappa shape index (κ1) is 26.8. The number of anilines is 3. The highest BCUT2D eigenvalue weighted by atomic mass is 16.3. The van der Waals surface area contributed by atoms with E-state index in [0.717, 1.165) is 67.9 Å². The molecule has 2 fully saturated rings. The molecule has 3 heterocycles. The van der Waals surface area contributed by atoms with Gasteiger partial charge in [-0.1, -0.05) is 48.5 Å². The van der Waals surface area contributed by atoms with E-state index < -0.39 is 0 Å². The van der Waals surface area contributed by atoms with E-state index in [2.05, 4.69) is 45.4 Å². The molecule has 0 saturated carbocycles. The minimum Gasteiger partial charge on any atom is -0.392 e. The summed E-state index contributed by atoms with van der Waals surface area (Å²) in [6, 6.07) is 25.8. The summed E-state index contributed by atoms with van der Waals surface area (Å²) in [6.45, 7) is 4.23. The zero-order chi connectivity index (χ0) is 28.3. The van der Waals surface area contributed by atoms with Crippen molar-refractivity contribution in [2.75, 3.05) is 36.4 Å². The maximum atomic E-state index is 14.0. The molecule has 1 atom stereocenters. The van der Waals surface area contributed by atoms with Gasteiger partial charge >= 0.3 is 0 Å². The highest BCUT2D eigenvalue weighted by Crippen LogP contribution is 2.31. The van der Waals surface area contributed by atoms with Crippen LogP contribution in [-0.4, -0.2) is 52.7 Å². The molecular formula is C33H36N6O2. The molecule has 0 bridgehead atoms. The predicted molar refractivity (Wildman–Crippen MR) is 166 cm³/mol. The molecule has 1 aromatic heterocycles. The van der Waals surface area contributed by atoms with E-state index in [1.165, 1.54) is 5.56 Å². The van der Waals surface area contributed by atoms with Crippen LogP contribution in [0.1, 0.15) is 30.4 Å². The third-order valence-electron chi connectivity index (χ3n) is 8.08. The Kier molecular flexibility index (Phi) is 7.59. The van der Waals surface area contributed by atoms with E-state index in [1.54, 1.807) is 16.7 Å². The van der Waals surface area contributed by atoms with Crippen molar-refractivity contribution < 1.29 is 5.11 Å². The van der Waals surface area contributed by atoms with Gasteiger partial charge in [-0.15, -0.1) is 0 Å². The number of pyridine rings is 1. The van der Waals surface area contributed by atoms with Gasteiger partial charge in [-0.2, -0.15) is 0 Å². The lowest BCUT2D eigenvalue weighted by atomic mass is 9.99. The Morgan fingerprint density at radius 2 is 1.76 bits per heavy atom. The van der Waals surface area contributed by atoms with Gasteiger partial charge in [0, 0.05) is 55.9 Å². The lowest BCUT2D eigenvalue weighted by Gasteiger charge is -2.23. The largest absolute Gasteiger partial charge is 0.392 e. The van der Waals surface area contributed by atoms with Gasteiger partial charge in [0.1, 0.15) is 11.5 Å². The van der Waals surface area contributed by atoms with Crippen LogP contribution >= 0.6 is 0 Å². The predicted octanol–water partition coefficient (Wildman–Crippen LogP) is 4.70. The van der Waals surface area contributed by atoms with Crippen molar-refractivity contribution >= 4 is 22.9 Å². The van der Waals surface area contributed by atoms with Crippen LogP contribution in [0.25, 0.3) is 16.8 Å². The van der Waals surface area contributed by atoms with Crippen LogP contribution in [0.4, 0.5) is 17.1 Å². The van der Waals surface area contributed by atoms with Crippen molar-refractivity contribution in [1.29, 1.82) is 5.41 Å². The summed E-state index contributed by atoms with van der Waals surface area (Å²) in [5, 5.41) is 21.1. The number of β-amino-alcohol motifs (C(OH)–C–C–N with tert-alkyl or cyclic N) is 1. The third-order valence-corrected chi connectivity index (χ3v) is 8.08. The SMILES string of the molecule is N=C(N)c1cccc(Nc2c(N3CCCC3)ccn(-c3ccc(-c4ccccc4CN4CCC(O)C4)cc3)c2=O)c1. The van der Waals surface area contributed by atoms with Crippen molar-refractivity contribution in [3.05, 3.63) is 107 Å². The van der Waals surface area contributed by atoms with Crippen molar-refractivity contribution in [1.82, 2.24) is 9.47 Å². The van der Waals surface area contributed by atoms with E-state index in [1.807, 2.05) is 42.6 Å². The number of aromatic nitrogens is 1. The number of hydrogen-bond donors (Lipinski definition) is 4. The second-order valence-corrected chi connectivity index (χ2v) is 10.9. The van der Waals surface area contributed by atoms with Gasteiger partial charge in [0.25, 0.3) is 5.56 Å². The highest BCUT2D eigenvalue weighted by Gasteiger charge is 2.22. The van der Waals surface area contributed by atoms with Crippen LogP contribution in [0.3, 0.4) is 0 Å². The number of hydrogen-bond acceptors (Lipinski definition) is 6. The summed E-state index contributed by atoms with van der Waals surface area (Å²) in [4.78, 5) is 18.5. The molecule has 4 aromatic rings. The number of benzene rings is 3. The normalized spacial score (nSPS) is 17.2. The monoisotopic (exact) mass is 548 g/mol. The fraction of sp³-hybridized carbons (Fsp3) is 0.273. The molecule has 1 unspecified atom stereocenters. The fourth-order valence-electron chi connectivity index (χ4n) is 5.92. The molecule has 3 aromatic carbocycles. The minimum atomic E-state index is -0.242. The number of likely N-dealkylation sites (tertiary alicyclic amines) is 1. The average molecular weight is 549 g/mol. The van der Waals surface area contributed by atoms with Crippen molar-refractivity contribution in [3.8, 4) is 16.8 Å². The second-order valence-electron chi connectivity index (χ2n) is 10.9. The summed E-state index contributed by atoms with van der Waals surface area (Å²) in [6.07, 6.45) is 4.64. The molecule has 6 rings (SSSR count). The number of nitrogens with zero attached hydrogens (tertiary/aromatic N) is 3. The molecule has 5 N–H and O–H groups in total. The molecule has 2 saturated heterocycles. The fourth-order valence-corrected chi connectivity index (χ4v) is 5.92. The first-order valence-corrected chi connectivity index (χ1v) is 14.3. The maximum absolute atomic E-state index is 14.0. The molecule has 2 aliphatic rings. The van der Waals surface area contributed by atoms with Crippen LogP contribution in [0, 0.1) is 5.41 Å². The van der Waals surface area contributed by atoms with Gasteiger partial charge in [0.2, 0.25) is 0 Å². The Balaban J connectivity index is 1.32. The van der Waals surface area contributed by atoms with Gasteiger partial charge in [0.05, 0.1) is 11.8 Å². The molecule has 41 heavy (non-hydrogen) atoms. The number of nitrogens with two attached hydrogens (primary N) is 1. The minimum absolute atomic E-state index is 0.0152. The molecule has 8 nitrogen and oxygen atoms in total. The number of aliphatic hydroxyl groups excluding tert-OH is 1. The summed E-state index contributed by atoms with van der Waals surface area (Å²) in [5.74, 6) is -0.0152. The van der Waals surface area contributed by atoms with E-state index in [0.29, 0.717) is 23.5 Å². The Morgan fingerprint density at radius 3 is 2.49 bits per heavy atom. The second kappa shape index (κ2) is 11.6. The standard InChI is InChI=1S/C33H36N6O2/c34-32(35)24-7-5-8-26(20-24)36-31-30(38-16-3-4-17-38)15-19-39(33(31)41)27-12-10-23(11-13-27)29-9-2-1-6-25(29)21-37-18-14-28(40)22-37/h1-2,5-13,15,19-20,28,36,40H,3-4,14,16-18,21-22H2,(H3,34,35). The van der Waals surface area contributed by atoms with Gasteiger partial charge in [-0.25, -0.2) is 0 Å². The summed E-state index contributed by atoms with van der Waals surface area (Å²) in [7, 11) is 0. The topological polar surface area (TPSA) is 111 Å². The van der Waals surface area contributed by atoms with Gasteiger partial charge in [0.15, 0.2) is 0 Å². The molecular weight excluding hydrogens is 512 g/mol. The number of nitrogens with one attached hydrogen (secondary N) is 2. The van der Waals surface area contributed by atoms with Crippen LogP contribution in [0.15, 0.2) is 89.9 Å². The first-order valence-electron chi connectivity index (χ1n) is 14.3. The lowest BCUT2D eigenvalue weighted by molar-refractivity contribution is 0.175. The van der Waals surface area contributed by atoms with Crippen LogP contribution in [0.5, 0.6) is 0 Å². The Bertz CT molecular complexity index is 1610. The smallest absolute Gasteiger partial charge is 0.280 e. The summed E-state index contributed by atoms with van der Waals surface area (Å²) >= 11 is 0. The summed E-state index contributed by atoms with van der Waals surface area (Å²) in [5.41, 5.74) is 12.5. The first-order chi connectivity index (χ1) is 20.0. The Labute approximate surface area is 240 Å². The Hall–Kier alpha value is -4.40. The molecule has 0 aliphatic carbocycles. The highest BCUT2D eigenvalue weighted by molar-refractivity contribution is 5.96. The lowest BCUT2D eigenvalue weighted by Crippen LogP contribution is -2.26. The zero-order valence-corrected chi connectivity index (χ0v) is 23.1. The third kappa shape index (κ3) is 5.75. The number of nitrogen functional groups attached to an aromatic ring is 1. The van der Waals surface area contributed by atoms with E-state index in [4.69, 9.17) is 11.1 Å². The molecule has 2 aliphatic heterocycles. The quantitative estimate of drug-likeness (QED) is 0.188. The van der Waals surface area contributed by atoms with E-state index in [-0.39, 0.29) is 17.5 Å². The van der Waals surface area contributed by atoms with Crippen LogP contribution in [-0.2, 0) is 6.54 Å². The van der Waals surface area contributed by atoms with Gasteiger partial charge in [-0.05, 0) is 66.3 Å². The van der Waals surface area contributed by atoms with E-state index in [9.17, 15) is 9.90 Å². The zero-order valence-electron chi connectivity index (χ0n) is 23.1. The number of aliphatic hydroxyl groups is 1.